The molecule has 0 aromatic carbocycles. The summed E-state index contributed by atoms with van der Waals surface area (Å²) in [5.41, 5.74) is 5.39. The van der Waals surface area contributed by atoms with Crippen molar-refractivity contribution in [2.75, 3.05) is 26.4 Å². The SMILES string of the molecule is CC/C=C\C/C=C\C/C=C\C/C=C\C/C=C\C/C=C\C/C=C\C/C=C\C/C=C\C/C=C\CCCCCCC(=O)OC(COC(=O)CCCC/C=C\C/C=C\C/C=C\C/C=C\C/C=C\C/C=C\C/C=C\C/C=C\C/C=C\C/C=C\CC)COP(=O)(O)OCCN. The van der Waals surface area contributed by atoms with Gasteiger partial charge in [0.25, 0.3) is 0 Å². The molecule has 0 radical (unpaired) electrons. The lowest BCUT2D eigenvalue weighted by Gasteiger charge is -2.19. The molecule has 492 valence electrons. The molecule has 89 heavy (non-hydrogen) atoms. The van der Waals surface area contributed by atoms with Gasteiger partial charge in [-0.15, -0.1) is 0 Å². The predicted molar refractivity (Wildman–Crippen MR) is 384 cm³/mol. The summed E-state index contributed by atoms with van der Waals surface area (Å²) in [6.07, 6.45) is 114. The van der Waals surface area contributed by atoms with Crippen LogP contribution in [0.2, 0.25) is 0 Å². The number of carbonyl (C=O) groups excluding carboxylic acids is 2. The van der Waals surface area contributed by atoms with Gasteiger partial charge in [-0.05, 0) is 167 Å². The summed E-state index contributed by atoms with van der Waals surface area (Å²) in [4.78, 5) is 35.3. The molecule has 0 aliphatic heterocycles. The molecule has 0 spiro atoms. The minimum absolute atomic E-state index is 0.0280. The van der Waals surface area contributed by atoms with Gasteiger partial charge in [0, 0.05) is 19.4 Å². The second-order valence-corrected chi connectivity index (χ2v) is 22.3. The Labute approximate surface area is 542 Å². The zero-order chi connectivity index (χ0) is 64.4. The third kappa shape index (κ3) is 70.8. The number of nitrogens with two attached hydrogens (primary N) is 1. The summed E-state index contributed by atoms with van der Waals surface area (Å²) >= 11 is 0. The lowest BCUT2D eigenvalue weighted by molar-refractivity contribution is -0.161. The number of phosphoric ester groups is 1. The van der Waals surface area contributed by atoms with Crippen LogP contribution in [0.25, 0.3) is 0 Å². The zero-order valence-corrected chi connectivity index (χ0v) is 55.9. The average molecular weight is 1240 g/mol. The van der Waals surface area contributed by atoms with Crippen molar-refractivity contribution in [3.8, 4) is 0 Å². The van der Waals surface area contributed by atoms with E-state index in [0.29, 0.717) is 12.8 Å². The van der Waals surface area contributed by atoms with Gasteiger partial charge in [0.2, 0.25) is 0 Å². The first kappa shape index (κ1) is 82.8. The highest BCUT2D eigenvalue weighted by Gasteiger charge is 2.26. The fraction of sp³-hybridized carbons (Fsp3) is 0.468. The van der Waals surface area contributed by atoms with Gasteiger partial charge in [0.05, 0.1) is 13.2 Å². The first-order chi connectivity index (χ1) is 43.8. The quantitative estimate of drug-likeness (QED) is 0.0264. The number of esters is 2. The molecular formula is C79H118NO8P. The smallest absolute Gasteiger partial charge is 0.462 e. The molecule has 0 bridgehead atoms. The van der Waals surface area contributed by atoms with Crippen LogP contribution in [-0.2, 0) is 32.7 Å². The van der Waals surface area contributed by atoms with E-state index in [0.717, 1.165) is 167 Å². The third-order valence-corrected chi connectivity index (χ3v) is 13.7. The Morgan fingerprint density at radius 2 is 0.584 bits per heavy atom. The van der Waals surface area contributed by atoms with Gasteiger partial charge >= 0.3 is 19.8 Å². The Bertz CT molecular complexity index is 2360. The molecule has 0 aliphatic rings. The van der Waals surface area contributed by atoms with E-state index < -0.39 is 32.5 Å². The molecule has 3 N–H and O–H groups in total. The van der Waals surface area contributed by atoms with Crippen molar-refractivity contribution in [1.29, 1.82) is 0 Å². The minimum Gasteiger partial charge on any atom is -0.462 e. The molecule has 2 atom stereocenters. The van der Waals surface area contributed by atoms with E-state index in [4.69, 9.17) is 24.3 Å². The van der Waals surface area contributed by atoms with Crippen molar-refractivity contribution in [3.63, 3.8) is 0 Å². The fourth-order valence-electron chi connectivity index (χ4n) is 7.87. The molecule has 0 aliphatic carbocycles. The van der Waals surface area contributed by atoms with Gasteiger partial charge in [-0.25, -0.2) is 4.57 Å². The molecule has 0 saturated carbocycles. The van der Waals surface area contributed by atoms with Crippen LogP contribution in [0, 0.1) is 0 Å². The van der Waals surface area contributed by atoms with Crippen molar-refractivity contribution < 1.29 is 37.6 Å². The minimum atomic E-state index is -4.43. The Morgan fingerprint density at radius 1 is 0.337 bits per heavy atom. The van der Waals surface area contributed by atoms with Gasteiger partial charge in [0.15, 0.2) is 6.10 Å². The van der Waals surface area contributed by atoms with E-state index in [-0.39, 0.29) is 32.6 Å². The monoisotopic (exact) mass is 1240 g/mol. The van der Waals surface area contributed by atoms with Gasteiger partial charge in [0.1, 0.15) is 6.61 Å². The Kier molecular flexibility index (Phi) is 66.0. The van der Waals surface area contributed by atoms with Crippen molar-refractivity contribution in [2.45, 2.75) is 213 Å². The summed E-state index contributed by atoms with van der Waals surface area (Å²) < 4.78 is 33.0. The van der Waals surface area contributed by atoms with E-state index in [1.165, 1.54) is 0 Å². The molecule has 0 rings (SSSR count). The normalized spacial score (nSPS) is 14.5. The highest BCUT2D eigenvalue weighted by molar-refractivity contribution is 7.47. The van der Waals surface area contributed by atoms with Crippen LogP contribution < -0.4 is 5.73 Å². The van der Waals surface area contributed by atoms with Crippen LogP contribution in [-0.4, -0.2) is 49.3 Å². The number of carbonyl (C=O) groups is 2. The highest BCUT2D eigenvalue weighted by Crippen LogP contribution is 2.43. The Morgan fingerprint density at radius 3 is 0.876 bits per heavy atom. The van der Waals surface area contributed by atoms with Crippen LogP contribution in [0.15, 0.2) is 243 Å². The lowest BCUT2D eigenvalue weighted by atomic mass is 10.1. The zero-order valence-electron chi connectivity index (χ0n) is 55.0. The molecule has 0 aromatic rings. The molecule has 0 fully saturated rings. The molecule has 9 nitrogen and oxygen atoms in total. The standard InChI is InChI=1S/C79H118NO8P/c1-3-5-7-9-11-13-15-17-19-21-23-25-27-29-31-33-35-37-38-40-42-44-46-48-50-52-54-56-58-60-62-64-66-68-70-72-79(82)88-77(76-87-89(83,84)86-74-73-80)75-85-78(81)71-69-67-65-63-61-59-57-55-53-51-49-47-45-43-41-39-36-34-32-30-28-26-24-22-20-18-16-14-12-10-8-6-4-2/h5-8,11-14,17-20,23-26,29-32,35-37,39-40,42-43,45-46,48-49,51-52,54-55,57-58,60-61,63,77H,3-4,9-10,15-16,21-22,27-28,33-34,38,41,44,47,50,53,56,59,62,64-76,80H2,1-2H3,(H,83,84)/b7-5-,8-6-,13-11-,14-12-,19-17-,20-18-,25-23-,26-24-,31-29-,32-30-,37-35-,39-36-,42-40-,45-43-,48-46-,51-49-,54-52-,57-55-,60-58-,63-61-. The predicted octanol–water partition coefficient (Wildman–Crippen LogP) is 22.4. The number of unbranched alkanes of at least 4 members (excludes halogenated alkanes) is 6. The van der Waals surface area contributed by atoms with Crippen LogP contribution in [0.3, 0.4) is 0 Å². The van der Waals surface area contributed by atoms with Gasteiger partial charge in [-0.3, -0.25) is 18.6 Å². The largest absolute Gasteiger partial charge is 0.472 e. The summed E-state index contributed by atoms with van der Waals surface area (Å²) in [6, 6.07) is 0. The van der Waals surface area contributed by atoms with E-state index in [1.54, 1.807) is 0 Å². The summed E-state index contributed by atoms with van der Waals surface area (Å²) in [5.74, 6) is -0.932. The topological polar surface area (TPSA) is 134 Å². The van der Waals surface area contributed by atoms with Gasteiger partial charge < -0.3 is 20.1 Å². The Balaban J connectivity index is 4.17. The number of ether oxygens (including phenoxy) is 2. The average Bonchev–Trinajstić information content (AvgIpc) is 3.66. The number of hydrogen-bond acceptors (Lipinski definition) is 8. The maximum atomic E-state index is 12.7. The summed E-state index contributed by atoms with van der Waals surface area (Å²) in [6.45, 7) is 3.39. The van der Waals surface area contributed by atoms with Gasteiger partial charge in [-0.1, -0.05) is 270 Å². The maximum Gasteiger partial charge on any atom is 0.472 e. The molecule has 0 saturated heterocycles. The van der Waals surface area contributed by atoms with Crippen molar-refractivity contribution in [1.82, 2.24) is 0 Å². The number of phosphoric acid groups is 1. The van der Waals surface area contributed by atoms with Crippen molar-refractivity contribution in [2.24, 2.45) is 5.73 Å². The number of hydrogen-bond donors (Lipinski definition) is 2. The fourth-order valence-corrected chi connectivity index (χ4v) is 8.63. The van der Waals surface area contributed by atoms with E-state index in [1.807, 2.05) is 0 Å². The summed E-state index contributed by atoms with van der Waals surface area (Å²) in [7, 11) is -4.43. The third-order valence-electron chi connectivity index (χ3n) is 12.7. The van der Waals surface area contributed by atoms with Crippen LogP contribution in [0.5, 0.6) is 0 Å². The van der Waals surface area contributed by atoms with Gasteiger partial charge in [-0.2, -0.15) is 0 Å². The molecule has 10 heteroatoms. The van der Waals surface area contributed by atoms with Crippen molar-refractivity contribution >= 4 is 19.8 Å². The van der Waals surface area contributed by atoms with Crippen LogP contribution in [0.1, 0.15) is 206 Å². The van der Waals surface area contributed by atoms with Crippen molar-refractivity contribution in [3.05, 3.63) is 243 Å². The van der Waals surface area contributed by atoms with E-state index in [2.05, 4.69) is 257 Å². The van der Waals surface area contributed by atoms with E-state index >= 15 is 0 Å². The number of allylic oxidation sites excluding steroid dienone is 40. The molecule has 0 amide bonds. The second-order valence-electron chi connectivity index (χ2n) is 20.9. The lowest BCUT2D eigenvalue weighted by Crippen LogP contribution is -2.29. The summed E-state index contributed by atoms with van der Waals surface area (Å²) in [5, 5.41) is 0. The van der Waals surface area contributed by atoms with Crippen LogP contribution >= 0.6 is 7.82 Å². The molecular weight excluding hydrogens is 1120 g/mol. The maximum absolute atomic E-state index is 12.7. The first-order valence-corrected chi connectivity index (χ1v) is 35.0. The second kappa shape index (κ2) is 70.9. The Hall–Kier alpha value is -6.19. The number of rotatable bonds is 59. The van der Waals surface area contributed by atoms with Crippen LogP contribution in [0.4, 0.5) is 0 Å². The van der Waals surface area contributed by atoms with E-state index in [9.17, 15) is 19.0 Å². The first-order valence-electron chi connectivity index (χ1n) is 33.5. The molecule has 0 aromatic heterocycles. The highest BCUT2D eigenvalue weighted by atomic mass is 31.2. The molecule has 0 heterocycles. The molecule has 2 unspecified atom stereocenters.